The van der Waals surface area contributed by atoms with E-state index in [4.69, 9.17) is 18.0 Å². The van der Waals surface area contributed by atoms with Crippen molar-refractivity contribution in [2.75, 3.05) is 13.1 Å². The van der Waals surface area contributed by atoms with Crippen LogP contribution in [-0.4, -0.2) is 29.0 Å². The van der Waals surface area contributed by atoms with Gasteiger partial charge in [0.05, 0.1) is 11.0 Å². The van der Waals surface area contributed by atoms with Crippen LogP contribution in [0.25, 0.3) is 0 Å². The highest BCUT2D eigenvalue weighted by molar-refractivity contribution is 7.80. The van der Waals surface area contributed by atoms with Gasteiger partial charge in [-0.2, -0.15) is 0 Å². The first-order valence-electron chi connectivity index (χ1n) is 5.18. The highest BCUT2D eigenvalue weighted by atomic mass is 32.1. The van der Waals surface area contributed by atoms with E-state index >= 15 is 0 Å². The first-order valence-corrected chi connectivity index (χ1v) is 5.59. The van der Waals surface area contributed by atoms with E-state index in [2.05, 4.69) is 18.7 Å². The maximum Gasteiger partial charge on any atom is 0.0899 e. The number of thiocarbonyl (C=S) groups is 1. The van der Waals surface area contributed by atoms with Gasteiger partial charge in [-0.15, -0.1) is 0 Å². The molecule has 0 aromatic heterocycles. The van der Waals surface area contributed by atoms with E-state index in [9.17, 15) is 0 Å². The standard InChI is InChI=1S/C10H20N2S/c1-3-12(8(2)10(11)13)7-9-5-4-6-9/h8-9H,3-7H2,1-2H3,(H2,11,13). The Kier molecular flexibility index (Phi) is 4.13. The van der Waals surface area contributed by atoms with Crippen LogP contribution in [0.15, 0.2) is 0 Å². The lowest BCUT2D eigenvalue weighted by atomic mass is 9.85. The summed E-state index contributed by atoms with van der Waals surface area (Å²) in [5.74, 6) is 0.900. The average molecular weight is 200 g/mol. The van der Waals surface area contributed by atoms with Crippen molar-refractivity contribution in [3.63, 3.8) is 0 Å². The lowest BCUT2D eigenvalue weighted by Gasteiger charge is -2.34. The van der Waals surface area contributed by atoms with Crippen LogP contribution in [0.5, 0.6) is 0 Å². The molecule has 1 unspecified atom stereocenters. The van der Waals surface area contributed by atoms with Crippen LogP contribution in [0, 0.1) is 5.92 Å². The molecule has 1 fully saturated rings. The van der Waals surface area contributed by atoms with Gasteiger partial charge < -0.3 is 5.73 Å². The molecular formula is C10H20N2S. The van der Waals surface area contributed by atoms with Gasteiger partial charge >= 0.3 is 0 Å². The van der Waals surface area contributed by atoms with E-state index in [0.29, 0.717) is 4.99 Å². The summed E-state index contributed by atoms with van der Waals surface area (Å²) in [5, 5.41) is 0. The first-order chi connectivity index (χ1) is 6.15. The summed E-state index contributed by atoms with van der Waals surface area (Å²) in [6.07, 6.45) is 4.19. The zero-order valence-electron chi connectivity index (χ0n) is 8.62. The minimum Gasteiger partial charge on any atom is -0.392 e. The van der Waals surface area contributed by atoms with Crippen molar-refractivity contribution in [3.8, 4) is 0 Å². The number of nitrogens with zero attached hydrogens (tertiary/aromatic N) is 1. The van der Waals surface area contributed by atoms with E-state index in [-0.39, 0.29) is 6.04 Å². The Morgan fingerprint density at radius 3 is 2.54 bits per heavy atom. The molecule has 2 nitrogen and oxygen atoms in total. The number of nitrogens with two attached hydrogens (primary N) is 1. The predicted molar refractivity (Wildman–Crippen MR) is 60.8 cm³/mol. The Morgan fingerprint density at radius 2 is 2.23 bits per heavy atom. The summed E-state index contributed by atoms with van der Waals surface area (Å²) in [6.45, 7) is 6.50. The van der Waals surface area contributed by atoms with Gasteiger partial charge in [0.2, 0.25) is 0 Å². The van der Waals surface area contributed by atoms with Crippen LogP contribution in [0.1, 0.15) is 33.1 Å². The summed E-state index contributed by atoms with van der Waals surface area (Å²) in [4.78, 5) is 3.01. The molecule has 1 aliphatic rings. The largest absolute Gasteiger partial charge is 0.392 e. The summed E-state index contributed by atoms with van der Waals surface area (Å²) in [5.41, 5.74) is 5.64. The van der Waals surface area contributed by atoms with Gasteiger partial charge in [0, 0.05) is 6.54 Å². The maximum atomic E-state index is 5.64. The van der Waals surface area contributed by atoms with Crippen molar-refractivity contribution in [3.05, 3.63) is 0 Å². The van der Waals surface area contributed by atoms with Crippen molar-refractivity contribution in [1.82, 2.24) is 4.90 Å². The second kappa shape index (κ2) is 4.91. The van der Waals surface area contributed by atoms with Crippen LogP contribution in [0.2, 0.25) is 0 Å². The molecule has 1 aliphatic carbocycles. The molecule has 1 rings (SSSR count). The molecule has 0 bridgehead atoms. The van der Waals surface area contributed by atoms with Crippen LogP contribution >= 0.6 is 12.2 Å². The van der Waals surface area contributed by atoms with E-state index in [1.807, 2.05) is 0 Å². The SMILES string of the molecule is CCN(CC1CCC1)C(C)C(N)=S. The van der Waals surface area contributed by atoms with Crippen molar-refractivity contribution < 1.29 is 0 Å². The molecule has 76 valence electrons. The molecule has 13 heavy (non-hydrogen) atoms. The zero-order chi connectivity index (χ0) is 9.84. The summed E-state index contributed by atoms with van der Waals surface area (Å²) >= 11 is 5.00. The topological polar surface area (TPSA) is 29.3 Å². The molecule has 0 amide bonds. The third-order valence-electron chi connectivity index (χ3n) is 3.08. The second-order valence-corrected chi connectivity index (χ2v) is 4.43. The molecule has 0 aromatic carbocycles. The molecule has 0 aromatic rings. The fourth-order valence-electron chi connectivity index (χ4n) is 1.75. The molecule has 0 radical (unpaired) electrons. The Hall–Kier alpha value is -0.150. The third kappa shape index (κ3) is 2.92. The first kappa shape index (κ1) is 10.9. The number of hydrogen-bond acceptors (Lipinski definition) is 2. The van der Waals surface area contributed by atoms with Gasteiger partial charge in [-0.3, -0.25) is 4.90 Å². The number of rotatable bonds is 5. The average Bonchev–Trinajstić information content (AvgIpc) is 2.02. The lowest BCUT2D eigenvalue weighted by Crippen LogP contribution is -2.44. The van der Waals surface area contributed by atoms with Crippen LogP contribution in [0.3, 0.4) is 0 Å². The second-order valence-electron chi connectivity index (χ2n) is 3.96. The molecule has 0 saturated heterocycles. The van der Waals surface area contributed by atoms with Crippen molar-refractivity contribution in [2.45, 2.75) is 39.2 Å². The Morgan fingerprint density at radius 1 is 1.62 bits per heavy atom. The van der Waals surface area contributed by atoms with E-state index in [1.54, 1.807) is 0 Å². The maximum absolute atomic E-state index is 5.64. The smallest absolute Gasteiger partial charge is 0.0899 e. The van der Waals surface area contributed by atoms with Gasteiger partial charge in [-0.25, -0.2) is 0 Å². The Bertz CT molecular complexity index is 178. The van der Waals surface area contributed by atoms with Crippen molar-refractivity contribution >= 4 is 17.2 Å². The predicted octanol–water partition coefficient (Wildman–Crippen LogP) is 1.78. The van der Waals surface area contributed by atoms with Gasteiger partial charge in [0.25, 0.3) is 0 Å². The number of likely N-dealkylation sites (N-methyl/N-ethyl adjacent to an activating group) is 1. The molecule has 1 saturated carbocycles. The van der Waals surface area contributed by atoms with Gasteiger partial charge in [-0.1, -0.05) is 25.6 Å². The fraction of sp³-hybridized carbons (Fsp3) is 0.900. The normalized spacial score (nSPS) is 19.9. The molecular weight excluding hydrogens is 180 g/mol. The number of hydrogen-bond donors (Lipinski definition) is 1. The van der Waals surface area contributed by atoms with E-state index in [1.165, 1.54) is 25.8 Å². The monoisotopic (exact) mass is 200 g/mol. The molecule has 2 N–H and O–H groups in total. The molecule has 0 heterocycles. The van der Waals surface area contributed by atoms with E-state index in [0.717, 1.165) is 12.5 Å². The molecule has 3 heteroatoms. The van der Waals surface area contributed by atoms with Gasteiger partial charge in [-0.05, 0) is 32.2 Å². The Balaban J connectivity index is 2.36. The lowest BCUT2D eigenvalue weighted by molar-refractivity contribution is 0.172. The minimum absolute atomic E-state index is 0.264. The zero-order valence-corrected chi connectivity index (χ0v) is 9.44. The van der Waals surface area contributed by atoms with E-state index < -0.39 is 0 Å². The van der Waals surface area contributed by atoms with Crippen LogP contribution in [0.4, 0.5) is 0 Å². The van der Waals surface area contributed by atoms with Crippen LogP contribution < -0.4 is 5.73 Å². The fourth-order valence-corrected chi connectivity index (χ4v) is 1.90. The van der Waals surface area contributed by atoms with Gasteiger partial charge in [0.15, 0.2) is 0 Å². The van der Waals surface area contributed by atoms with Crippen molar-refractivity contribution in [1.29, 1.82) is 0 Å². The Labute approximate surface area is 86.5 Å². The van der Waals surface area contributed by atoms with Gasteiger partial charge in [0.1, 0.15) is 0 Å². The quantitative estimate of drug-likeness (QED) is 0.686. The minimum atomic E-state index is 0.264. The third-order valence-corrected chi connectivity index (χ3v) is 3.42. The molecule has 0 spiro atoms. The highest BCUT2D eigenvalue weighted by Gasteiger charge is 2.23. The van der Waals surface area contributed by atoms with Crippen molar-refractivity contribution in [2.24, 2.45) is 11.7 Å². The summed E-state index contributed by atoms with van der Waals surface area (Å²) in [7, 11) is 0. The summed E-state index contributed by atoms with van der Waals surface area (Å²) < 4.78 is 0. The van der Waals surface area contributed by atoms with Crippen LogP contribution in [-0.2, 0) is 0 Å². The molecule has 1 atom stereocenters. The summed E-state index contributed by atoms with van der Waals surface area (Å²) in [6, 6.07) is 0.264. The highest BCUT2D eigenvalue weighted by Crippen LogP contribution is 2.27. The molecule has 0 aliphatic heterocycles.